The van der Waals surface area contributed by atoms with Crippen molar-refractivity contribution in [2.75, 3.05) is 12.5 Å². The lowest BCUT2D eigenvalue weighted by molar-refractivity contribution is -0.173. The van der Waals surface area contributed by atoms with E-state index in [1.807, 2.05) is 0 Å². The Balaban J connectivity index is 1.91. The van der Waals surface area contributed by atoms with Crippen LogP contribution >= 0.6 is 34.8 Å². The van der Waals surface area contributed by atoms with Gasteiger partial charge in [-0.1, -0.05) is 23.2 Å². The van der Waals surface area contributed by atoms with Crippen molar-refractivity contribution < 1.29 is 28.5 Å². The zero-order valence-electron chi connectivity index (χ0n) is 18.2. The lowest BCUT2D eigenvalue weighted by atomic mass is 10.1. The van der Waals surface area contributed by atoms with Crippen molar-refractivity contribution in [1.82, 2.24) is 0 Å². The van der Waals surface area contributed by atoms with Gasteiger partial charge in [0.25, 0.3) is 0 Å². The van der Waals surface area contributed by atoms with Crippen LogP contribution < -0.4 is 9.47 Å². The second kappa shape index (κ2) is 11.1. The van der Waals surface area contributed by atoms with E-state index in [2.05, 4.69) is 0 Å². The Morgan fingerprint density at radius 3 is 1.59 bits per heavy atom. The van der Waals surface area contributed by atoms with E-state index >= 15 is 0 Å². The van der Waals surface area contributed by atoms with Gasteiger partial charge in [-0.25, -0.2) is 9.59 Å². The largest absolute Gasteiger partial charge is 0.476 e. The minimum Gasteiger partial charge on any atom is -0.476 e. The Morgan fingerprint density at radius 1 is 0.781 bits per heavy atom. The summed E-state index contributed by atoms with van der Waals surface area (Å²) in [7, 11) is 0. The fourth-order valence-corrected chi connectivity index (χ4v) is 2.83. The van der Waals surface area contributed by atoms with Gasteiger partial charge in [-0.15, -0.1) is 11.6 Å². The van der Waals surface area contributed by atoms with Crippen molar-refractivity contribution >= 4 is 46.7 Å². The quantitative estimate of drug-likeness (QED) is 0.306. The van der Waals surface area contributed by atoms with Crippen LogP contribution in [0.5, 0.6) is 11.5 Å². The smallest absolute Gasteiger partial charge is 0.350 e. The number of esters is 2. The molecule has 0 aliphatic rings. The zero-order valence-corrected chi connectivity index (χ0v) is 20.5. The van der Waals surface area contributed by atoms with Crippen LogP contribution in [0.4, 0.5) is 0 Å². The molecular weight excluding hydrogens is 479 g/mol. The van der Waals surface area contributed by atoms with Crippen LogP contribution in [0.25, 0.3) is 0 Å². The van der Waals surface area contributed by atoms with E-state index in [-0.39, 0.29) is 12.5 Å². The molecule has 2 aromatic rings. The Morgan fingerprint density at radius 2 is 1.19 bits per heavy atom. The Hall–Kier alpha value is -2.15. The Bertz CT molecular complexity index is 910. The molecule has 0 aliphatic heterocycles. The average Bonchev–Trinajstić information content (AvgIpc) is 2.73. The normalized spacial score (nSPS) is 12.6. The molecule has 0 amide bonds. The van der Waals surface area contributed by atoms with Gasteiger partial charge in [-0.2, -0.15) is 0 Å². The molecule has 174 valence electrons. The average molecular weight is 504 g/mol. The molecule has 0 spiro atoms. The standard InChI is InChI=1S/C23H25Cl3O6/c1-22(2,31-17-9-5-15(25)6-10-17)20(27)29-14-19(13-24)30-21(28)23(3,4)32-18-11-7-16(26)8-12-18/h5-12,19H,13-14H2,1-4H3. The topological polar surface area (TPSA) is 71.1 Å². The van der Waals surface area contributed by atoms with Crippen molar-refractivity contribution in [2.24, 2.45) is 0 Å². The molecule has 0 fully saturated rings. The third-order valence-electron chi connectivity index (χ3n) is 4.20. The first-order valence-corrected chi connectivity index (χ1v) is 11.1. The maximum Gasteiger partial charge on any atom is 0.350 e. The first-order chi connectivity index (χ1) is 14.9. The SMILES string of the molecule is CC(C)(Oc1ccc(Cl)cc1)C(=O)OCC(CCl)OC(=O)C(C)(C)Oc1ccc(Cl)cc1. The third-order valence-corrected chi connectivity index (χ3v) is 5.05. The highest BCUT2D eigenvalue weighted by Gasteiger charge is 2.36. The van der Waals surface area contributed by atoms with Crippen LogP contribution in [-0.4, -0.2) is 41.7 Å². The molecular formula is C23H25Cl3O6. The number of carbonyl (C=O) groups excluding carboxylic acids is 2. The van der Waals surface area contributed by atoms with Crippen molar-refractivity contribution in [3.8, 4) is 11.5 Å². The minimum atomic E-state index is -1.31. The van der Waals surface area contributed by atoms with Crippen molar-refractivity contribution in [3.05, 3.63) is 58.6 Å². The summed E-state index contributed by atoms with van der Waals surface area (Å²) < 4.78 is 22.1. The molecule has 1 atom stereocenters. The number of hydrogen-bond donors (Lipinski definition) is 0. The Labute approximate surface area is 202 Å². The van der Waals surface area contributed by atoms with Crippen LogP contribution in [0.1, 0.15) is 27.7 Å². The molecule has 0 heterocycles. The lowest BCUT2D eigenvalue weighted by Gasteiger charge is -2.28. The minimum absolute atomic E-state index is 0.0749. The molecule has 6 nitrogen and oxygen atoms in total. The van der Waals surface area contributed by atoms with Crippen LogP contribution in [-0.2, 0) is 19.1 Å². The van der Waals surface area contributed by atoms with E-state index in [1.54, 1.807) is 76.2 Å². The van der Waals surface area contributed by atoms with E-state index in [9.17, 15) is 9.59 Å². The summed E-state index contributed by atoms with van der Waals surface area (Å²) in [5.74, 6) is -0.473. The number of rotatable bonds is 10. The van der Waals surface area contributed by atoms with E-state index in [1.165, 1.54) is 0 Å². The molecule has 0 bridgehead atoms. The number of alkyl halides is 1. The fourth-order valence-electron chi connectivity index (χ4n) is 2.42. The van der Waals surface area contributed by atoms with Gasteiger partial charge >= 0.3 is 11.9 Å². The number of hydrogen-bond acceptors (Lipinski definition) is 6. The van der Waals surface area contributed by atoms with Crippen LogP contribution in [0.2, 0.25) is 10.0 Å². The molecule has 1 unspecified atom stereocenters. The number of ether oxygens (including phenoxy) is 4. The highest BCUT2D eigenvalue weighted by atomic mass is 35.5. The van der Waals surface area contributed by atoms with E-state index in [4.69, 9.17) is 53.8 Å². The van der Waals surface area contributed by atoms with Gasteiger partial charge in [0.2, 0.25) is 0 Å². The summed E-state index contributed by atoms with van der Waals surface area (Å²) in [4.78, 5) is 25.1. The highest BCUT2D eigenvalue weighted by molar-refractivity contribution is 6.30. The summed E-state index contributed by atoms with van der Waals surface area (Å²) >= 11 is 17.6. The van der Waals surface area contributed by atoms with Crippen molar-refractivity contribution in [3.63, 3.8) is 0 Å². The maximum absolute atomic E-state index is 12.6. The molecule has 0 radical (unpaired) electrons. The van der Waals surface area contributed by atoms with Gasteiger partial charge in [0, 0.05) is 10.0 Å². The molecule has 0 N–H and O–H groups in total. The van der Waals surface area contributed by atoms with Gasteiger partial charge in [-0.3, -0.25) is 0 Å². The molecule has 0 aliphatic carbocycles. The predicted octanol–water partition coefficient (Wildman–Crippen LogP) is 5.70. The van der Waals surface area contributed by atoms with Crippen LogP contribution in [0, 0.1) is 0 Å². The van der Waals surface area contributed by atoms with Gasteiger partial charge in [0.1, 0.15) is 24.2 Å². The van der Waals surface area contributed by atoms with E-state index < -0.39 is 29.2 Å². The first-order valence-electron chi connectivity index (χ1n) is 9.76. The monoisotopic (exact) mass is 502 g/mol. The Kier molecular flexibility index (Phi) is 9.08. The first kappa shape index (κ1) is 26.1. The number of halogens is 3. The highest BCUT2D eigenvalue weighted by Crippen LogP contribution is 2.24. The molecule has 2 rings (SSSR count). The van der Waals surface area contributed by atoms with Gasteiger partial charge in [0.15, 0.2) is 11.2 Å². The van der Waals surface area contributed by atoms with Crippen molar-refractivity contribution in [1.29, 1.82) is 0 Å². The summed E-state index contributed by atoms with van der Waals surface area (Å²) in [6.45, 7) is 6.01. The second-order valence-electron chi connectivity index (χ2n) is 7.91. The summed E-state index contributed by atoms with van der Waals surface area (Å²) in [6.07, 6.45) is -0.868. The summed E-state index contributed by atoms with van der Waals surface area (Å²) in [5.41, 5.74) is -2.59. The fraction of sp³-hybridized carbons (Fsp3) is 0.391. The van der Waals surface area contributed by atoms with Crippen LogP contribution in [0.3, 0.4) is 0 Å². The number of benzene rings is 2. The van der Waals surface area contributed by atoms with Gasteiger partial charge < -0.3 is 18.9 Å². The zero-order chi connectivity index (χ0) is 23.9. The summed E-state index contributed by atoms with van der Waals surface area (Å²) in [5, 5.41) is 1.09. The molecule has 2 aromatic carbocycles. The van der Waals surface area contributed by atoms with Gasteiger partial charge in [0.05, 0.1) is 5.88 Å². The molecule has 32 heavy (non-hydrogen) atoms. The van der Waals surface area contributed by atoms with E-state index in [0.717, 1.165) is 0 Å². The number of carbonyl (C=O) groups is 2. The molecule has 9 heteroatoms. The predicted molar refractivity (Wildman–Crippen MR) is 124 cm³/mol. The van der Waals surface area contributed by atoms with Crippen LogP contribution in [0.15, 0.2) is 48.5 Å². The third kappa shape index (κ3) is 7.76. The van der Waals surface area contributed by atoms with Crippen molar-refractivity contribution in [2.45, 2.75) is 45.0 Å². The molecule has 0 saturated heterocycles. The molecule has 0 aromatic heterocycles. The van der Waals surface area contributed by atoms with Gasteiger partial charge in [-0.05, 0) is 76.2 Å². The lowest BCUT2D eigenvalue weighted by Crippen LogP contribution is -2.44. The van der Waals surface area contributed by atoms with E-state index in [0.29, 0.717) is 21.5 Å². The summed E-state index contributed by atoms with van der Waals surface area (Å²) in [6, 6.07) is 13.2. The second-order valence-corrected chi connectivity index (χ2v) is 9.09. The molecule has 0 saturated carbocycles. The maximum atomic E-state index is 12.6.